The van der Waals surface area contributed by atoms with Crippen LogP contribution in [0.3, 0.4) is 0 Å². The smallest absolute Gasteiger partial charge is 0.416 e. The average Bonchev–Trinajstić information content (AvgIpc) is 2.83. The van der Waals surface area contributed by atoms with Crippen molar-refractivity contribution >= 4 is 44.0 Å². The Morgan fingerprint density at radius 2 is 1.71 bits per heavy atom. The van der Waals surface area contributed by atoms with E-state index in [0.717, 1.165) is 16.8 Å². The second-order valence-corrected chi connectivity index (χ2v) is 8.33. The minimum absolute atomic E-state index is 0.129. The van der Waals surface area contributed by atoms with Crippen LogP contribution in [0.4, 0.5) is 18.9 Å². The highest BCUT2D eigenvalue weighted by Gasteiger charge is 2.33. The molecule has 0 bridgehead atoms. The Labute approximate surface area is 206 Å². The molecule has 0 aliphatic heterocycles. The average molecular weight is 539 g/mol. The lowest BCUT2D eigenvalue weighted by molar-refractivity contribution is -0.385. The molecule has 0 radical (unpaired) electrons. The van der Waals surface area contributed by atoms with Crippen LogP contribution in [0.1, 0.15) is 16.7 Å². The molecule has 4 aromatic rings. The Bertz CT molecular complexity index is 1520. The molecule has 35 heavy (non-hydrogen) atoms. The quantitative estimate of drug-likeness (QED) is 0.111. The van der Waals surface area contributed by atoms with E-state index in [2.05, 4.69) is 22.0 Å². The lowest BCUT2D eigenvalue weighted by Gasteiger charge is -2.12. The second kappa shape index (κ2) is 9.60. The minimum Gasteiger partial charge on any atom is -0.449 e. The van der Waals surface area contributed by atoms with Gasteiger partial charge in [-0.2, -0.15) is 18.4 Å². The summed E-state index contributed by atoms with van der Waals surface area (Å²) in [7, 11) is 0. The van der Waals surface area contributed by atoms with Gasteiger partial charge in [0.05, 0.1) is 22.1 Å². The molecule has 0 saturated carbocycles. The molecule has 9 heteroatoms. The van der Waals surface area contributed by atoms with Gasteiger partial charge < -0.3 is 4.74 Å². The molecule has 0 saturated heterocycles. The summed E-state index contributed by atoms with van der Waals surface area (Å²) in [5, 5.41) is 23.2. The van der Waals surface area contributed by atoms with Crippen molar-refractivity contribution in [2.24, 2.45) is 0 Å². The topological polar surface area (TPSA) is 76.2 Å². The third-order valence-corrected chi connectivity index (χ3v) is 5.67. The number of hydrogen-bond acceptors (Lipinski definition) is 4. The van der Waals surface area contributed by atoms with Crippen molar-refractivity contribution in [2.45, 2.75) is 6.18 Å². The zero-order valence-corrected chi connectivity index (χ0v) is 19.3. The van der Waals surface area contributed by atoms with Gasteiger partial charge in [-0.05, 0) is 47.2 Å². The molecular weight excluding hydrogens is 525 g/mol. The molecule has 5 nitrogen and oxygen atoms in total. The van der Waals surface area contributed by atoms with Crippen LogP contribution in [0.5, 0.6) is 11.5 Å². The Morgan fingerprint density at radius 1 is 1.00 bits per heavy atom. The molecule has 0 aliphatic carbocycles. The normalized spacial score (nSPS) is 11.8. The number of nitrogens with zero attached hydrogens (tertiary/aromatic N) is 2. The monoisotopic (exact) mass is 538 g/mol. The van der Waals surface area contributed by atoms with Gasteiger partial charge in [-0.25, -0.2) is 0 Å². The van der Waals surface area contributed by atoms with Crippen LogP contribution < -0.4 is 4.74 Å². The number of nitro groups is 1. The van der Waals surface area contributed by atoms with Crippen LogP contribution in [0.2, 0.25) is 0 Å². The van der Waals surface area contributed by atoms with Crippen LogP contribution in [0.15, 0.2) is 83.3 Å². The molecule has 0 N–H and O–H groups in total. The van der Waals surface area contributed by atoms with Crippen molar-refractivity contribution in [2.75, 3.05) is 0 Å². The molecule has 0 amide bonds. The SMILES string of the molecule is N#C/C(=C/c1cc(Br)ccc1Oc1ccc(C(F)(F)F)cc1[N+](=O)[O-])c1cccc2ccccc12. The number of benzene rings is 4. The van der Waals surface area contributed by atoms with Crippen molar-refractivity contribution in [1.29, 1.82) is 5.26 Å². The Kier molecular flexibility index (Phi) is 6.58. The Morgan fingerprint density at radius 3 is 2.43 bits per heavy atom. The van der Waals surface area contributed by atoms with Gasteiger partial charge in [-0.3, -0.25) is 10.1 Å². The molecule has 0 atom stereocenters. The molecule has 174 valence electrons. The van der Waals surface area contributed by atoms with Crippen LogP contribution in [0, 0.1) is 21.4 Å². The summed E-state index contributed by atoms with van der Waals surface area (Å²) in [5.74, 6) is -0.229. The summed E-state index contributed by atoms with van der Waals surface area (Å²) >= 11 is 3.36. The maximum atomic E-state index is 13.0. The predicted octanol–water partition coefficient (Wildman–Crippen LogP) is 8.39. The lowest BCUT2D eigenvalue weighted by Crippen LogP contribution is -2.06. The molecule has 4 aromatic carbocycles. The van der Waals surface area contributed by atoms with Crippen molar-refractivity contribution < 1.29 is 22.8 Å². The standard InChI is InChI=1S/C26H14BrF3N2O3/c27-20-9-11-24(35-25-10-8-19(26(28,29)30)14-23(25)32(33)34)17(13-20)12-18(15-31)22-7-3-5-16-4-1-2-6-21(16)22/h1-14H/b18-12-. The van der Waals surface area contributed by atoms with Gasteiger partial charge in [0.1, 0.15) is 5.75 Å². The third kappa shape index (κ3) is 5.18. The highest BCUT2D eigenvalue weighted by atomic mass is 79.9. The molecule has 0 fully saturated rings. The van der Waals surface area contributed by atoms with Crippen LogP contribution in [-0.2, 0) is 6.18 Å². The molecule has 0 heterocycles. The number of hydrogen-bond donors (Lipinski definition) is 0. The zero-order chi connectivity index (χ0) is 25.2. The second-order valence-electron chi connectivity index (χ2n) is 7.42. The van der Waals surface area contributed by atoms with Crippen LogP contribution in [0.25, 0.3) is 22.4 Å². The fourth-order valence-electron chi connectivity index (χ4n) is 3.55. The maximum absolute atomic E-state index is 13.0. The number of rotatable bonds is 5. The first-order chi connectivity index (χ1) is 16.7. The highest BCUT2D eigenvalue weighted by Crippen LogP contribution is 2.39. The first kappa shape index (κ1) is 24.0. The Balaban J connectivity index is 1.82. The predicted molar refractivity (Wildman–Crippen MR) is 130 cm³/mol. The van der Waals surface area contributed by atoms with E-state index in [-0.39, 0.29) is 11.5 Å². The highest BCUT2D eigenvalue weighted by molar-refractivity contribution is 9.10. The third-order valence-electron chi connectivity index (χ3n) is 5.17. The van der Waals surface area contributed by atoms with Gasteiger partial charge in [-0.15, -0.1) is 0 Å². The van der Waals surface area contributed by atoms with Crippen LogP contribution in [-0.4, -0.2) is 4.92 Å². The zero-order valence-electron chi connectivity index (χ0n) is 17.7. The fourth-order valence-corrected chi connectivity index (χ4v) is 3.93. The summed E-state index contributed by atoms with van der Waals surface area (Å²) in [6, 6.07) is 22.1. The van der Waals surface area contributed by atoms with Crippen molar-refractivity contribution in [3.05, 3.63) is 110 Å². The van der Waals surface area contributed by atoms with Gasteiger partial charge in [0.25, 0.3) is 0 Å². The van der Waals surface area contributed by atoms with E-state index in [0.29, 0.717) is 33.3 Å². The first-order valence-corrected chi connectivity index (χ1v) is 10.9. The molecule has 0 unspecified atom stereocenters. The molecule has 0 aromatic heterocycles. The maximum Gasteiger partial charge on any atom is 0.416 e. The van der Waals surface area contributed by atoms with E-state index < -0.39 is 22.4 Å². The minimum atomic E-state index is -4.74. The summed E-state index contributed by atoms with van der Waals surface area (Å²) in [4.78, 5) is 10.5. The van der Waals surface area contributed by atoms with E-state index in [1.54, 1.807) is 24.3 Å². The fraction of sp³-hybridized carbons (Fsp3) is 0.0385. The Hall–Kier alpha value is -4.16. The van der Waals surface area contributed by atoms with E-state index in [1.165, 1.54) is 6.07 Å². The summed E-state index contributed by atoms with van der Waals surface area (Å²) in [6.07, 6.45) is -3.17. The van der Waals surface area contributed by atoms with Crippen molar-refractivity contribution in [3.8, 4) is 17.6 Å². The van der Waals surface area contributed by atoms with Gasteiger partial charge in [0.2, 0.25) is 5.75 Å². The number of ether oxygens (including phenoxy) is 1. The van der Waals surface area contributed by atoms with Crippen molar-refractivity contribution in [3.63, 3.8) is 0 Å². The van der Waals surface area contributed by atoms with Gasteiger partial charge >= 0.3 is 11.9 Å². The molecular formula is C26H14BrF3N2O3. The largest absolute Gasteiger partial charge is 0.449 e. The van der Waals surface area contributed by atoms with Crippen LogP contribution >= 0.6 is 15.9 Å². The summed E-state index contributed by atoms with van der Waals surface area (Å²) < 4.78 is 45.5. The molecule has 0 aliphatic rings. The molecule has 0 spiro atoms. The van der Waals surface area contributed by atoms with E-state index >= 15 is 0 Å². The summed E-state index contributed by atoms with van der Waals surface area (Å²) in [5.41, 5.74) is -0.593. The number of fused-ring (bicyclic) bond motifs is 1. The van der Waals surface area contributed by atoms with Gasteiger partial charge in [0.15, 0.2) is 0 Å². The number of allylic oxidation sites excluding steroid dienone is 1. The first-order valence-electron chi connectivity index (χ1n) is 10.1. The van der Waals surface area contributed by atoms with Crippen molar-refractivity contribution in [1.82, 2.24) is 0 Å². The number of nitro benzene ring substituents is 1. The van der Waals surface area contributed by atoms with Gasteiger partial charge in [0, 0.05) is 21.7 Å². The number of alkyl halides is 3. The van der Waals surface area contributed by atoms with Gasteiger partial charge in [-0.1, -0.05) is 58.4 Å². The van der Waals surface area contributed by atoms with E-state index in [4.69, 9.17) is 4.74 Å². The summed E-state index contributed by atoms with van der Waals surface area (Å²) in [6.45, 7) is 0. The molecule has 4 rings (SSSR count). The number of nitriles is 1. The van der Waals surface area contributed by atoms with E-state index in [9.17, 15) is 28.5 Å². The van der Waals surface area contributed by atoms with E-state index in [1.807, 2.05) is 36.4 Å². The number of halogens is 4. The lowest BCUT2D eigenvalue weighted by atomic mass is 9.97.